The molecule has 5 nitrogen and oxygen atoms in total. The van der Waals surface area contributed by atoms with Crippen molar-refractivity contribution in [2.24, 2.45) is 5.92 Å². The molecule has 0 aliphatic carbocycles. The summed E-state index contributed by atoms with van der Waals surface area (Å²) in [5.74, 6) is -1.01. The predicted octanol–water partition coefficient (Wildman–Crippen LogP) is 2.68. The van der Waals surface area contributed by atoms with E-state index in [-0.39, 0.29) is 17.2 Å². The highest BCUT2D eigenvalue weighted by atomic mass is 16.4. The van der Waals surface area contributed by atoms with Crippen LogP contribution in [0.3, 0.4) is 0 Å². The van der Waals surface area contributed by atoms with E-state index in [0.717, 1.165) is 12.8 Å². The predicted molar refractivity (Wildman–Crippen MR) is 76.8 cm³/mol. The van der Waals surface area contributed by atoms with E-state index in [9.17, 15) is 9.59 Å². The van der Waals surface area contributed by atoms with Crippen LogP contribution in [-0.2, 0) is 0 Å². The van der Waals surface area contributed by atoms with Gasteiger partial charge in [-0.3, -0.25) is 9.78 Å². The summed E-state index contributed by atoms with van der Waals surface area (Å²) < 4.78 is 0. The van der Waals surface area contributed by atoms with E-state index in [1.165, 1.54) is 18.3 Å². The summed E-state index contributed by atoms with van der Waals surface area (Å²) in [7, 11) is 0. The Morgan fingerprint density at radius 1 is 1.30 bits per heavy atom. The van der Waals surface area contributed by atoms with E-state index in [2.05, 4.69) is 18.8 Å². The monoisotopic (exact) mass is 278 g/mol. The third-order valence-electron chi connectivity index (χ3n) is 3.54. The van der Waals surface area contributed by atoms with Crippen molar-refractivity contribution in [1.82, 2.24) is 9.88 Å². The highest BCUT2D eigenvalue weighted by molar-refractivity contribution is 6.03. The fourth-order valence-corrected chi connectivity index (χ4v) is 2.11. The number of hydrogen-bond acceptors (Lipinski definition) is 3. The molecule has 0 bridgehead atoms. The highest BCUT2D eigenvalue weighted by Crippen LogP contribution is 2.14. The zero-order valence-corrected chi connectivity index (χ0v) is 12.3. The maximum Gasteiger partial charge on any atom is 0.338 e. The lowest BCUT2D eigenvalue weighted by Gasteiger charge is -2.25. The first kappa shape index (κ1) is 16.1. The Hall–Kier alpha value is -1.91. The molecule has 1 rings (SSSR count). The zero-order chi connectivity index (χ0) is 15.1. The maximum absolute atomic E-state index is 12.5. The van der Waals surface area contributed by atoms with Crippen LogP contribution in [0.1, 0.15) is 54.5 Å². The number of carboxylic acid groups (broad SMARTS) is 1. The van der Waals surface area contributed by atoms with Crippen LogP contribution >= 0.6 is 0 Å². The molecule has 0 fully saturated rings. The minimum absolute atomic E-state index is 0.0211. The molecule has 1 N–H and O–H groups in total. The normalized spacial score (nSPS) is 10.6. The van der Waals surface area contributed by atoms with Crippen molar-refractivity contribution in [1.29, 1.82) is 0 Å². The van der Waals surface area contributed by atoms with Gasteiger partial charge in [0.25, 0.3) is 5.91 Å². The molecular formula is C15H22N2O3. The summed E-state index contributed by atoms with van der Waals surface area (Å²) in [6, 6.07) is 2.94. The van der Waals surface area contributed by atoms with Gasteiger partial charge in [-0.15, -0.1) is 0 Å². The molecule has 110 valence electrons. The molecule has 0 saturated heterocycles. The number of aromatic nitrogens is 1. The van der Waals surface area contributed by atoms with Crippen LogP contribution in [0, 0.1) is 5.92 Å². The van der Waals surface area contributed by atoms with Crippen LogP contribution in [0.2, 0.25) is 0 Å². The van der Waals surface area contributed by atoms with Gasteiger partial charge < -0.3 is 10.0 Å². The van der Waals surface area contributed by atoms with Gasteiger partial charge in [0.15, 0.2) is 0 Å². The Morgan fingerprint density at radius 3 is 2.45 bits per heavy atom. The van der Waals surface area contributed by atoms with Crippen LogP contribution in [0.15, 0.2) is 18.3 Å². The van der Waals surface area contributed by atoms with Gasteiger partial charge in [-0.1, -0.05) is 26.7 Å². The van der Waals surface area contributed by atoms with Crippen molar-refractivity contribution in [3.8, 4) is 0 Å². The van der Waals surface area contributed by atoms with Crippen molar-refractivity contribution in [3.05, 3.63) is 29.6 Å². The lowest BCUT2D eigenvalue weighted by molar-refractivity contribution is 0.0666. The second-order valence-corrected chi connectivity index (χ2v) is 4.73. The van der Waals surface area contributed by atoms with Gasteiger partial charge in [0, 0.05) is 19.3 Å². The highest BCUT2D eigenvalue weighted by Gasteiger charge is 2.23. The molecule has 1 aromatic heterocycles. The van der Waals surface area contributed by atoms with E-state index < -0.39 is 5.97 Å². The van der Waals surface area contributed by atoms with E-state index in [0.29, 0.717) is 19.0 Å². The fourth-order valence-electron chi connectivity index (χ4n) is 2.11. The molecule has 0 aliphatic heterocycles. The molecule has 20 heavy (non-hydrogen) atoms. The van der Waals surface area contributed by atoms with Crippen molar-refractivity contribution < 1.29 is 14.7 Å². The first-order chi connectivity index (χ1) is 9.54. The summed E-state index contributed by atoms with van der Waals surface area (Å²) in [6.45, 7) is 7.26. The third-order valence-corrected chi connectivity index (χ3v) is 3.54. The molecule has 0 unspecified atom stereocenters. The van der Waals surface area contributed by atoms with Crippen LogP contribution < -0.4 is 0 Å². The zero-order valence-electron chi connectivity index (χ0n) is 12.3. The first-order valence-electron chi connectivity index (χ1n) is 7.02. The van der Waals surface area contributed by atoms with Gasteiger partial charge in [0.2, 0.25) is 0 Å². The van der Waals surface area contributed by atoms with Crippen LogP contribution in [0.5, 0.6) is 0 Å². The average molecular weight is 278 g/mol. The van der Waals surface area contributed by atoms with Crippen molar-refractivity contribution in [3.63, 3.8) is 0 Å². The molecule has 1 amide bonds. The molecule has 0 aliphatic rings. The summed E-state index contributed by atoms with van der Waals surface area (Å²) in [5, 5.41) is 9.13. The minimum atomic E-state index is -1.12. The second-order valence-electron chi connectivity index (χ2n) is 4.73. The van der Waals surface area contributed by atoms with Gasteiger partial charge >= 0.3 is 5.97 Å². The van der Waals surface area contributed by atoms with Crippen LogP contribution in [0.25, 0.3) is 0 Å². The number of carbonyl (C=O) groups is 2. The molecule has 0 saturated carbocycles. The Kier molecular flexibility index (Phi) is 6.15. The van der Waals surface area contributed by atoms with Gasteiger partial charge in [-0.25, -0.2) is 4.79 Å². The van der Waals surface area contributed by atoms with Crippen molar-refractivity contribution >= 4 is 11.9 Å². The van der Waals surface area contributed by atoms with Crippen molar-refractivity contribution in [2.45, 2.75) is 33.6 Å². The molecule has 0 spiro atoms. The summed E-state index contributed by atoms with van der Waals surface area (Å²) in [4.78, 5) is 29.3. The SMILES string of the molecule is CCC(CC)CN(CC)C(=O)c1ncccc1C(=O)O. The maximum atomic E-state index is 12.5. The van der Waals surface area contributed by atoms with Crippen LogP contribution in [0.4, 0.5) is 0 Å². The van der Waals surface area contributed by atoms with E-state index in [1.54, 1.807) is 4.90 Å². The smallest absolute Gasteiger partial charge is 0.338 e. The van der Waals surface area contributed by atoms with E-state index >= 15 is 0 Å². The Bertz CT molecular complexity index is 470. The molecule has 1 aromatic rings. The van der Waals surface area contributed by atoms with Crippen LogP contribution in [-0.4, -0.2) is 40.0 Å². The number of amides is 1. The molecular weight excluding hydrogens is 256 g/mol. The number of carboxylic acids is 1. The summed E-state index contributed by atoms with van der Waals surface area (Å²) in [6.07, 6.45) is 3.44. The number of pyridine rings is 1. The lowest BCUT2D eigenvalue weighted by Crippen LogP contribution is -2.36. The average Bonchev–Trinajstić information content (AvgIpc) is 2.48. The first-order valence-corrected chi connectivity index (χ1v) is 7.02. The number of carbonyl (C=O) groups excluding carboxylic acids is 1. The second kappa shape index (κ2) is 7.62. The van der Waals surface area contributed by atoms with Gasteiger partial charge in [-0.05, 0) is 25.0 Å². The molecule has 0 atom stereocenters. The van der Waals surface area contributed by atoms with Crippen molar-refractivity contribution in [2.75, 3.05) is 13.1 Å². The van der Waals surface area contributed by atoms with E-state index in [4.69, 9.17) is 5.11 Å². The molecule has 1 heterocycles. The lowest BCUT2D eigenvalue weighted by atomic mass is 10.0. The largest absolute Gasteiger partial charge is 0.478 e. The van der Waals surface area contributed by atoms with Gasteiger partial charge in [-0.2, -0.15) is 0 Å². The molecule has 5 heteroatoms. The van der Waals surface area contributed by atoms with E-state index in [1.807, 2.05) is 6.92 Å². The van der Waals surface area contributed by atoms with Gasteiger partial charge in [0.05, 0.1) is 5.56 Å². The third kappa shape index (κ3) is 3.79. The summed E-state index contributed by atoms with van der Waals surface area (Å²) in [5.41, 5.74) is -0.0201. The minimum Gasteiger partial charge on any atom is -0.478 e. The topological polar surface area (TPSA) is 70.5 Å². The Labute approximate surface area is 119 Å². The Balaban J connectivity index is 3.00. The standard InChI is InChI=1S/C15H22N2O3/c1-4-11(5-2)10-17(6-3)14(18)13-12(15(19)20)8-7-9-16-13/h7-9,11H,4-6,10H2,1-3H3,(H,19,20). The molecule has 0 radical (unpaired) electrons. The number of hydrogen-bond donors (Lipinski definition) is 1. The number of aromatic carboxylic acids is 1. The molecule has 0 aromatic carbocycles. The summed E-state index contributed by atoms with van der Waals surface area (Å²) >= 11 is 0. The number of nitrogens with zero attached hydrogens (tertiary/aromatic N) is 2. The quantitative estimate of drug-likeness (QED) is 0.832. The number of rotatable bonds is 7. The van der Waals surface area contributed by atoms with Gasteiger partial charge in [0.1, 0.15) is 5.69 Å². The Morgan fingerprint density at radius 2 is 1.95 bits per heavy atom. The fraction of sp³-hybridized carbons (Fsp3) is 0.533.